The molecule has 0 saturated carbocycles. The Hall–Kier alpha value is -2.88. The number of amides is 1. The van der Waals surface area contributed by atoms with E-state index in [1.165, 1.54) is 0 Å². The normalized spacial score (nSPS) is 11.4. The summed E-state index contributed by atoms with van der Waals surface area (Å²) in [4.78, 5) is 15.7. The minimum absolute atomic E-state index is 0.211. The van der Waals surface area contributed by atoms with Crippen LogP contribution in [-0.4, -0.2) is 44.1 Å². The number of pyridine rings is 1. The highest BCUT2D eigenvalue weighted by molar-refractivity contribution is 7.99. The van der Waals surface area contributed by atoms with Crippen molar-refractivity contribution in [2.45, 2.75) is 11.3 Å². The number of carbonyl (C=O) groups excluding carboxylic acids is 1. The number of aromatic nitrogens is 4. The van der Waals surface area contributed by atoms with Crippen LogP contribution >= 0.6 is 11.8 Å². The average molecular weight is 393 g/mol. The van der Waals surface area contributed by atoms with Gasteiger partial charge in [-0.1, -0.05) is 30.0 Å². The second-order valence-corrected chi connectivity index (χ2v) is 6.34. The first-order chi connectivity index (χ1) is 12.9. The van der Waals surface area contributed by atoms with Crippen LogP contribution < -0.4 is 5.32 Å². The molecule has 0 bridgehead atoms. The Kier molecular flexibility index (Phi) is 5.75. The zero-order valence-corrected chi connectivity index (χ0v) is 14.7. The van der Waals surface area contributed by atoms with Gasteiger partial charge >= 0.3 is 6.18 Å². The number of para-hydroxylation sites is 1. The molecule has 0 atom stereocenters. The minimum Gasteiger partial charge on any atom is -0.346 e. The van der Waals surface area contributed by atoms with Crippen molar-refractivity contribution in [1.82, 2.24) is 25.1 Å². The third kappa shape index (κ3) is 5.07. The van der Waals surface area contributed by atoms with Gasteiger partial charge < -0.3 is 5.32 Å². The summed E-state index contributed by atoms with van der Waals surface area (Å²) >= 11 is 1.01. The standard InChI is InChI=1S/C17H14F3N5OS/c18-17(19,20)11-22-14(26)10-27-16-24-23-15(12-6-8-21-9-7-12)25(16)13-4-2-1-3-5-13/h1-9H,10-11H2,(H,22,26). The largest absolute Gasteiger partial charge is 0.405 e. The first kappa shape index (κ1) is 18.9. The summed E-state index contributed by atoms with van der Waals surface area (Å²) < 4.78 is 38.4. The van der Waals surface area contributed by atoms with Gasteiger partial charge in [0.05, 0.1) is 5.75 Å². The Morgan fingerprint density at radius 3 is 2.44 bits per heavy atom. The maximum absolute atomic E-state index is 12.2. The maximum Gasteiger partial charge on any atom is 0.405 e. The van der Waals surface area contributed by atoms with Crippen LogP contribution in [0.4, 0.5) is 13.2 Å². The highest BCUT2D eigenvalue weighted by Gasteiger charge is 2.27. The van der Waals surface area contributed by atoms with Crippen molar-refractivity contribution in [3.63, 3.8) is 0 Å². The molecule has 0 fully saturated rings. The van der Waals surface area contributed by atoms with Crippen LogP contribution in [0.2, 0.25) is 0 Å². The van der Waals surface area contributed by atoms with Gasteiger partial charge in [-0.25, -0.2) is 0 Å². The first-order valence-corrected chi connectivity index (χ1v) is 8.80. The Labute approximate surface area is 156 Å². The van der Waals surface area contributed by atoms with E-state index < -0.39 is 18.6 Å². The maximum atomic E-state index is 12.2. The number of nitrogens with one attached hydrogen (secondary N) is 1. The van der Waals surface area contributed by atoms with Crippen molar-refractivity contribution >= 4 is 17.7 Å². The highest BCUT2D eigenvalue weighted by atomic mass is 32.2. The van der Waals surface area contributed by atoms with Crippen molar-refractivity contribution in [2.75, 3.05) is 12.3 Å². The quantitative estimate of drug-likeness (QED) is 0.652. The number of halogens is 3. The van der Waals surface area contributed by atoms with Crippen LogP contribution in [0.25, 0.3) is 17.1 Å². The summed E-state index contributed by atoms with van der Waals surface area (Å²) in [6, 6.07) is 12.8. The van der Waals surface area contributed by atoms with E-state index in [-0.39, 0.29) is 5.75 Å². The number of carbonyl (C=O) groups is 1. The second kappa shape index (κ2) is 8.21. The van der Waals surface area contributed by atoms with Gasteiger partial charge in [-0.2, -0.15) is 13.2 Å². The summed E-state index contributed by atoms with van der Waals surface area (Å²) in [6.45, 7) is -1.36. The van der Waals surface area contributed by atoms with Crippen LogP contribution in [0.15, 0.2) is 60.0 Å². The highest BCUT2D eigenvalue weighted by Crippen LogP contribution is 2.27. The second-order valence-electron chi connectivity index (χ2n) is 5.39. The molecule has 27 heavy (non-hydrogen) atoms. The van der Waals surface area contributed by atoms with Gasteiger partial charge in [0.2, 0.25) is 5.91 Å². The van der Waals surface area contributed by atoms with E-state index in [9.17, 15) is 18.0 Å². The van der Waals surface area contributed by atoms with Crippen LogP contribution in [0.1, 0.15) is 0 Å². The topological polar surface area (TPSA) is 72.7 Å². The molecular formula is C17H14F3N5OS. The van der Waals surface area contributed by atoms with E-state index in [0.29, 0.717) is 11.0 Å². The van der Waals surface area contributed by atoms with Crippen LogP contribution in [-0.2, 0) is 4.79 Å². The zero-order valence-electron chi connectivity index (χ0n) is 13.8. The molecule has 3 aromatic rings. The monoisotopic (exact) mass is 393 g/mol. The van der Waals surface area contributed by atoms with Crippen LogP contribution in [0, 0.1) is 0 Å². The van der Waals surface area contributed by atoms with Gasteiger partial charge in [-0.3, -0.25) is 14.3 Å². The van der Waals surface area contributed by atoms with Gasteiger partial charge in [-0.15, -0.1) is 10.2 Å². The number of nitrogens with zero attached hydrogens (tertiary/aromatic N) is 4. The summed E-state index contributed by atoms with van der Waals surface area (Å²) in [5.41, 5.74) is 1.54. The Morgan fingerprint density at radius 1 is 1.07 bits per heavy atom. The molecule has 140 valence electrons. The molecule has 1 N–H and O–H groups in total. The number of benzene rings is 1. The lowest BCUT2D eigenvalue weighted by atomic mass is 10.2. The lowest BCUT2D eigenvalue weighted by Gasteiger charge is -2.11. The summed E-state index contributed by atoms with van der Waals surface area (Å²) in [7, 11) is 0. The minimum atomic E-state index is -4.45. The lowest BCUT2D eigenvalue weighted by Crippen LogP contribution is -2.34. The lowest BCUT2D eigenvalue weighted by molar-refractivity contribution is -0.136. The average Bonchev–Trinajstić information content (AvgIpc) is 3.09. The van der Waals surface area contributed by atoms with Gasteiger partial charge in [0.25, 0.3) is 0 Å². The summed E-state index contributed by atoms with van der Waals surface area (Å²) in [6.07, 6.45) is -1.20. The van der Waals surface area contributed by atoms with Crippen LogP contribution in [0.5, 0.6) is 0 Å². The SMILES string of the molecule is O=C(CSc1nnc(-c2ccncc2)n1-c1ccccc1)NCC(F)(F)F. The van der Waals surface area contributed by atoms with Crippen molar-refractivity contribution in [3.8, 4) is 17.1 Å². The molecule has 6 nitrogen and oxygen atoms in total. The smallest absolute Gasteiger partial charge is 0.346 e. The fourth-order valence-corrected chi connectivity index (χ4v) is 3.02. The molecule has 2 heterocycles. The molecule has 0 saturated heterocycles. The van der Waals surface area contributed by atoms with Crippen molar-refractivity contribution in [3.05, 3.63) is 54.9 Å². The number of alkyl halides is 3. The molecule has 1 amide bonds. The van der Waals surface area contributed by atoms with Crippen molar-refractivity contribution in [2.24, 2.45) is 0 Å². The Balaban J connectivity index is 1.84. The number of thioether (sulfide) groups is 1. The molecule has 2 aromatic heterocycles. The zero-order chi connectivity index (χ0) is 19.3. The van der Waals surface area contributed by atoms with E-state index in [1.54, 1.807) is 29.1 Å². The molecule has 10 heteroatoms. The molecule has 0 spiro atoms. The predicted octanol–water partition coefficient (Wildman–Crippen LogP) is 3.10. The molecule has 0 aliphatic carbocycles. The Morgan fingerprint density at radius 2 is 1.78 bits per heavy atom. The molecule has 0 radical (unpaired) electrons. The molecular weight excluding hydrogens is 379 g/mol. The molecule has 3 rings (SSSR count). The van der Waals surface area contributed by atoms with E-state index in [0.717, 1.165) is 23.0 Å². The molecule has 0 aliphatic heterocycles. The van der Waals surface area contributed by atoms with Gasteiger partial charge in [-0.05, 0) is 24.3 Å². The third-order valence-corrected chi connectivity index (χ3v) is 4.33. The predicted molar refractivity (Wildman–Crippen MR) is 94.4 cm³/mol. The first-order valence-electron chi connectivity index (χ1n) is 7.81. The Bertz CT molecular complexity index is 900. The van der Waals surface area contributed by atoms with E-state index in [1.807, 2.05) is 35.6 Å². The molecule has 0 aliphatic rings. The van der Waals surface area contributed by atoms with E-state index in [4.69, 9.17) is 0 Å². The fourth-order valence-electron chi connectivity index (χ4n) is 2.24. The van der Waals surface area contributed by atoms with Gasteiger partial charge in [0.15, 0.2) is 11.0 Å². The molecule has 1 aromatic carbocycles. The van der Waals surface area contributed by atoms with Gasteiger partial charge in [0.1, 0.15) is 6.54 Å². The van der Waals surface area contributed by atoms with Gasteiger partial charge in [0, 0.05) is 23.6 Å². The summed E-state index contributed by atoms with van der Waals surface area (Å²) in [5.74, 6) is -0.399. The number of hydrogen-bond acceptors (Lipinski definition) is 5. The van der Waals surface area contributed by atoms with E-state index >= 15 is 0 Å². The molecule has 0 unspecified atom stereocenters. The number of rotatable bonds is 6. The van der Waals surface area contributed by atoms with Crippen molar-refractivity contribution in [1.29, 1.82) is 0 Å². The number of hydrogen-bond donors (Lipinski definition) is 1. The third-order valence-electron chi connectivity index (χ3n) is 3.40. The van der Waals surface area contributed by atoms with E-state index in [2.05, 4.69) is 15.2 Å². The van der Waals surface area contributed by atoms with Crippen LogP contribution in [0.3, 0.4) is 0 Å². The fraction of sp³-hybridized carbons (Fsp3) is 0.176. The summed E-state index contributed by atoms with van der Waals surface area (Å²) in [5, 5.41) is 10.5. The van der Waals surface area contributed by atoms with Crippen molar-refractivity contribution < 1.29 is 18.0 Å².